The predicted octanol–water partition coefficient (Wildman–Crippen LogP) is 5.47. The summed E-state index contributed by atoms with van der Waals surface area (Å²) in [4.78, 5) is 0. The number of ether oxygens (including phenoxy) is 1. The van der Waals surface area contributed by atoms with Crippen molar-refractivity contribution in [1.82, 2.24) is 5.32 Å². The molecular weight excluding hydrogens is 417 g/mol. The molecule has 2 rings (SSSR count). The molecule has 0 aliphatic heterocycles. The number of hydrogen-bond acceptors (Lipinski definition) is 2. The molecule has 2 aromatic carbocycles. The Kier molecular flexibility index (Phi) is 6.11. The fraction of sp³-hybridized carbons (Fsp3) is 0.250. The lowest BCUT2D eigenvalue weighted by Crippen LogP contribution is -2.05. The summed E-state index contributed by atoms with van der Waals surface area (Å²) in [6, 6.07) is 10.1. The number of nitrogens with one attached hydrogen (secondary N) is 1. The summed E-state index contributed by atoms with van der Waals surface area (Å²) in [6.07, 6.45) is 0. The molecule has 0 bridgehead atoms. The third kappa shape index (κ3) is 4.46. The van der Waals surface area contributed by atoms with Crippen LogP contribution in [0.15, 0.2) is 39.3 Å². The van der Waals surface area contributed by atoms with Gasteiger partial charge in [0.05, 0.1) is 8.95 Å². The topological polar surface area (TPSA) is 21.3 Å². The lowest BCUT2D eigenvalue weighted by Gasteiger charge is -2.13. The minimum atomic E-state index is 0.432. The third-order valence-electron chi connectivity index (χ3n) is 3.02. The Morgan fingerprint density at radius 2 is 1.81 bits per heavy atom. The van der Waals surface area contributed by atoms with Crippen LogP contribution < -0.4 is 10.1 Å². The highest BCUT2D eigenvalue weighted by Crippen LogP contribution is 2.35. The van der Waals surface area contributed by atoms with Crippen molar-refractivity contribution >= 4 is 43.5 Å². The molecule has 0 heterocycles. The second kappa shape index (κ2) is 7.63. The molecule has 0 aliphatic rings. The molecule has 0 saturated carbocycles. The van der Waals surface area contributed by atoms with Crippen LogP contribution in [-0.2, 0) is 13.2 Å². The van der Waals surface area contributed by atoms with Gasteiger partial charge in [0.1, 0.15) is 12.4 Å². The molecule has 0 radical (unpaired) electrons. The van der Waals surface area contributed by atoms with E-state index in [4.69, 9.17) is 16.3 Å². The molecule has 0 saturated heterocycles. The van der Waals surface area contributed by atoms with Crippen molar-refractivity contribution < 1.29 is 4.74 Å². The highest BCUT2D eigenvalue weighted by Gasteiger charge is 2.10. The Morgan fingerprint density at radius 1 is 1.14 bits per heavy atom. The van der Waals surface area contributed by atoms with Gasteiger partial charge in [-0.1, -0.05) is 23.7 Å². The molecule has 0 spiro atoms. The highest BCUT2D eigenvalue weighted by atomic mass is 79.9. The SMILES string of the molecule is CNCc1cc(Br)c(OCc2ccc(C)cc2Cl)c(Br)c1. The molecule has 5 heteroatoms. The highest BCUT2D eigenvalue weighted by molar-refractivity contribution is 9.11. The van der Waals surface area contributed by atoms with Gasteiger partial charge in [-0.3, -0.25) is 0 Å². The van der Waals surface area contributed by atoms with Crippen LogP contribution in [0.3, 0.4) is 0 Å². The summed E-state index contributed by atoms with van der Waals surface area (Å²) >= 11 is 13.3. The van der Waals surface area contributed by atoms with Gasteiger partial charge in [-0.2, -0.15) is 0 Å². The van der Waals surface area contributed by atoms with Gasteiger partial charge < -0.3 is 10.1 Å². The second-order valence-electron chi connectivity index (χ2n) is 4.80. The standard InChI is InChI=1S/C16H16Br2ClNO/c1-10-3-4-12(15(19)5-10)9-21-16-13(17)6-11(8-20-2)7-14(16)18/h3-7,20H,8-9H2,1-2H3. The lowest BCUT2D eigenvalue weighted by atomic mass is 10.1. The zero-order chi connectivity index (χ0) is 15.4. The fourth-order valence-corrected chi connectivity index (χ4v) is 3.78. The minimum Gasteiger partial charge on any atom is -0.486 e. The Bertz CT molecular complexity index is 623. The molecular formula is C16H16Br2ClNO. The van der Waals surface area contributed by atoms with Crippen LogP contribution in [0.4, 0.5) is 0 Å². The maximum Gasteiger partial charge on any atom is 0.148 e. The zero-order valence-corrected chi connectivity index (χ0v) is 15.8. The largest absolute Gasteiger partial charge is 0.486 e. The van der Waals surface area contributed by atoms with E-state index in [1.54, 1.807) is 0 Å². The number of rotatable bonds is 5. The van der Waals surface area contributed by atoms with Crippen LogP contribution in [0.2, 0.25) is 5.02 Å². The molecule has 0 fully saturated rings. The molecule has 21 heavy (non-hydrogen) atoms. The summed E-state index contributed by atoms with van der Waals surface area (Å²) in [5.74, 6) is 0.784. The van der Waals surface area contributed by atoms with E-state index in [9.17, 15) is 0 Å². The molecule has 0 unspecified atom stereocenters. The summed E-state index contributed by atoms with van der Waals surface area (Å²) < 4.78 is 7.75. The monoisotopic (exact) mass is 431 g/mol. The van der Waals surface area contributed by atoms with Crippen LogP contribution in [0.1, 0.15) is 16.7 Å². The van der Waals surface area contributed by atoms with E-state index >= 15 is 0 Å². The normalized spacial score (nSPS) is 10.7. The number of benzene rings is 2. The molecule has 0 aromatic heterocycles. The summed E-state index contributed by atoms with van der Waals surface area (Å²) in [7, 11) is 1.92. The van der Waals surface area contributed by atoms with E-state index in [0.29, 0.717) is 6.61 Å². The van der Waals surface area contributed by atoms with Crippen molar-refractivity contribution in [3.05, 3.63) is 61.0 Å². The molecule has 2 aromatic rings. The molecule has 0 atom stereocenters. The van der Waals surface area contributed by atoms with E-state index in [1.165, 1.54) is 5.56 Å². The van der Waals surface area contributed by atoms with Crippen molar-refractivity contribution in [1.29, 1.82) is 0 Å². The number of hydrogen-bond donors (Lipinski definition) is 1. The van der Waals surface area contributed by atoms with E-state index in [0.717, 1.165) is 37.4 Å². The minimum absolute atomic E-state index is 0.432. The van der Waals surface area contributed by atoms with Gasteiger partial charge in [-0.15, -0.1) is 0 Å². The molecule has 1 N–H and O–H groups in total. The van der Waals surface area contributed by atoms with Gasteiger partial charge in [0.15, 0.2) is 0 Å². The maximum atomic E-state index is 6.23. The predicted molar refractivity (Wildman–Crippen MR) is 95.1 cm³/mol. The third-order valence-corrected chi connectivity index (χ3v) is 4.55. The zero-order valence-electron chi connectivity index (χ0n) is 11.8. The average Bonchev–Trinajstić information content (AvgIpc) is 2.40. The number of halogens is 3. The van der Waals surface area contributed by atoms with Gasteiger partial charge in [0.25, 0.3) is 0 Å². The van der Waals surface area contributed by atoms with E-state index in [1.807, 2.05) is 44.3 Å². The van der Waals surface area contributed by atoms with Crippen molar-refractivity contribution in [2.24, 2.45) is 0 Å². The summed E-state index contributed by atoms with van der Waals surface area (Å²) in [5.41, 5.74) is 3.29. The van der Waals surface area contributed by atoms with Crippen LogP contribution in [0.5, 0.6) is 5.75 Å². The molecule has 0 aliphatic carbocycles. The van der Waals surface area contributed by atoms with Gasteiger partial charge in [0.2, 0.25) is 0 Å². The number of aryl methyl sites for hydroxylation is 1. The average molecular weight is 434 g/mol. The summed E-state index contributed by atoms with van der Waals surface area (Å²) in [6.45, 7) is 3.26. The smallest absolute Gasteiger partial charge is 0.148 e. The van der Waals surface area contributed by atoms with Gasteiger partial charge in [0, 0.05) is 17.1 Å². The van der Waals surface area contributed by atoms with Crippen molar-refractivity contribution in [2.45, 2.75) is 20.1 Å². The van der Waals surface area contributed by atoms with E-state index < -0.39 is 0 Å². The van der Waals surface area contributed by atoms with Crippen LogP contribution >= 0.6 is 43.5 Å². The quantitative estimate of drug-likeness (QED) is 0.675. The Hall–Kier alpha value is -0.550. The first-order valence-electron chi connectivity index (χ1n) is 6.51. The van der Waals surface area contributed by atoms with Gasteiger partial charge in [-0.25, -0.2) is 0 Å². The Labute approximate surface area is 147 Å². The van der Waals surface area contributed by atoms with Crippen molar-refractivity contribution in [2.75, 3.05) is 7.05 Å². The Morgan fingerprint density at radius 3 is 2.38 bits per heavy atom. The van der Waals surface area contributed by atoms with Gasteiger partial charge in [-0.05, 0) is 75.2 Å². The van der Waals surface area contributed by atoms with Gasteiger partial charge >= 0.3 is 0 Å². The fourth-order valence-electron chi connectivity index (χ4n) is 1.98. The first kappa shape index (κ1) is 16.8. The molecule has 112 valence electrons. The van der Waals surface area contributed by atoms with Crippen LogP contribution in [0.25, 0.3) is 0 Å². The van der Waals surface area contributed by atoms with Crippen LogP contribution in [-0.4, -0.2) is 7.05 Å². The second-order valence-corrected chi connectivity index (χ2v) is 6.92. The lowest BCUT2D eigenvalue weighted by molar-refractivity contribution is 0.302. The molecule has 0 amide bonds. The summed E-state index contributed by atoms with van der Waals surface area (Å²) in [5, 5.41) is 3.86. The molecule has 2 nitrogen and oxygen atoms in total. The van der Waals surface area contributed by atoms with E-state index in [-0.39, 0.29) is 0 Å². The Balaban J connectivity index is 2.16. The van der Waals surface area contributed by atoms with Crippen molar-refractivity contribution in [3.8, 4) is 5.75 Å². The van der Waals surface area contributed by atoms with Crippen molar-refractivity contribution in [3.63, 3.8) is 0 Å². The first-order valence-corrected chi connectivity index (χ1v) is 8.48. The van der Waals surface area contributed by atoms with Crippen LogP contribution in [0, 0.1) is 6.92 Å². The van der Waals surface area contributed by atoms with E-state index in [2.05, 4.69) is 37.2 Å². The first-order chi connectivity index (χ1) is 10.0. The maximum absolute atomic E-state index is 6.23.